The summed E-state index contributed by atoms with van der Waals surface area (Å²) >= 11 is 0. The molecule has 0 aliphatic carbocycles. The van der Waals surface area contributed by atoms with Crippen molar-refractivity contribution in [3.05, 3.63) is 42.7 Å². The number of aliphatic hydroxyl groups excluding tert-OH is 1. The first-order valence-corrected chi connectivity index (χ1v) is 15.0. The number of carbonyl (C=O) groups excluding carboxylic acids is 1. The number of aromatic nitrogens is 4. The van der Waals surface area contributed by atoms with Gasteiger partial charge in [0.25, 0.3) is 0 Å². The molecular formula is C27H34FN6O7P. The molecule has 226 valence electrons. The molecule has 0 spiro atoms. The third kappa shape index (κ3) is 6.88. The van der Waals surface area contributed by atoms with E-state index in [1.807, 2.05) is 13.8 Å². The summed E-state index contributed by atoms with van der Waals surface area (Å²) in [7, 11) is -4.32. The highest BCUT2D eigenvalue weighted by Crippen LogP contribution is 2.48. The van der Waals surface area contributed by atoms with Gasteiger partial charge in [-0.3, -0.25) is 13.9 Å². The Morgan fingerprint density at radius 2 is 2.07 bits per heavy atom. The lowest BCUT2D eigenvalue weighted by Gasteiger charge is -2.29. The molecule has 42 heavy (non-hydrogen) atoms. The summed E-state index contributed by atoms with van der Waals surface area (Å²) in [5.74, 6) is 1.96. The standard InChI is InChI=1S/C27H34FN6O7P/c1-5-18(6-2)14-38-25(36)17(4)33-42(37,41-19-11-9-8-10-12-19)39-15-27(7-3)20(35)13-21(40-27)34-16-30-22-23(29)31-26(28)32-24(22)34/h3,8-12,16-18,20-21,35H,5-6,13-15H2,1-2,4H3,(H,33,37)(H2,29,31,32)/t17-,20-,21+,27+,42+/m0/s1. The zero-order valence-electron chi connectivity index (χ0n) is 23.5. The lowest BCUT2D eigenvalue weighted by atomic mass is 9.99. The van der Waals surface area contributed by atoms with Gasteiger partial charge in [0.2, 0.25) is 0 Å². The van der Waals surface area contributed by atoms with Crippen LogP contribution in [0.3, 0.4) is 0 Å². The zero-order chi connectivity index (χ0) is 30.5. The third-order valence-electron chi connectivity index (χ3n) is 7.02. The van der Waals surface area contributed by atoms with Gasteiger partial charge in [-0.05, 0) is 25.0 Å². The van der Waals surface area contributed by atoms with Crippen LogP contribution >= 0.6 is 7.75 Å². The fraction of sp³-hybridized carbons (Fsp3) is 0.481. The number of nitrogens with zero attached hydrogens (tertiary/aromatic N) is 4. The molecule has 0 amide bonds. The van der Waals surface area contributed by atoms with Crippen LogP contribution in [0.4, 0.5) is 10.2 Å². The van der Waals surface area contributed by atoms with Crippen LogP contribution in [0.2, 0.25) is 0 Å². The number of benzene rings is 1. The number of anilines is 1. The van der Waals surface area contributed by atoms with Crippen LogP contribution in [0.5, 0.6) is 5.75 Å². The van der Waals surface area contributed by atoms with Crippen molar-refractivity contribution in [1.29, 1.82) is 0 Å². The summed E-state index contributed by atoms with van der Waals surface area (Å²) in [6, 6.07) is 7.09. The molecule has 1 saturated heterocycles. The maximum Gasteiger partial charge on any atom is 0.459 e. The predicted octanol–water partition coefficient (Wildman–Crippen LogP) is 3.36. The number of esters is 1. The second kappa shape index (κ2) is 13.1. The van der Waals surface area contributed by atoms with Crippen molar-refractivity contribution in [2.24, 2.45) is 5.92 Å². The van der Waals surface area contributed by atoms with Gasteiger partial charge in [-0.1, -0.05) is 50.8 Å². The zero-order valence-corrected chi connectivity index (χ0v) is 24.4. The van der Waals surface area contributed by atoms with Crippen molar-refractivity contribution in [3.63, 3.8) is 0 Å². The Morgan fingerprint density at radius 3 is 2.74 bits per heavy atom. The predicted molar refractivity (Wildman–Crippen MR) is 150 cm³/mol. The second-order valence-electron chi connectivity index (χ2n) is 9.90. The Hall–Kier alpha value is -3.60. The minimum atomic E-state index is -4.32. The normalized spacial score (nSPS) is 22.5. The SMILES string of the molecule is C#C[C@]1(CO[P@](=O)(N[C@@H](C)C(=O)OCC(CC)CC)Oc2ccccc2)O[C@@H](n2cnc3c(N)nc(F)nc32)C[C@@H]1O. The van der Waals surface area contributed by atoms with Crippen molar-refractivity contribution in [1.82, 2.24) is 24.6 Å². The fourth-order valence-electron chi connectivity index (χ4n) is 4.37. The molecule has 1 aliphatic rings. The van der Waals surface area contributed by atoms with Crippen LogP contribution in [0.25, 0.3) is 11.2 Å². The minimum Gasteiger partial charge on any atom is -0.464 e. The third-order valence-corrected chi connectivity index (χ3v) is 8.65. The molecule has 15 heteroatoms. The van der Waals surface area contributed by atoms with Gasteiger partial charge in [-0.15, -0.1) is 6.42 Å². The molecule has 4 rings (SSSR count). The molecule has 0 radical (unpaired) electrons. The molecule has 3 heterocycles. The van der Waals surface area contributed by atoms with Crippen LogP contribution in [-0.4, -0.2) is 61.6 Å². The van der Waals surface area contributed by atoms with E-state index in [1.165, 1.54) is 17.8 Å². The van der Waals surface area contributed by atoms with E-state index in [4.69, 9.17) is 30.7 Å². The Bertz CT molecular complexity index is 1480. The highest BCUT2D eigenvalue weighted by molar-refractivity contribution is 7.52. The van der Waals surface area contributed by atoms with E-state index >= 15 is 0 Å². The number of rotatable bonds is 13. The number of ether oxygens (including phenoxy) is 2. The summed E-state index contributed by atoms with van der Waals surface area (Å²) < 4.78 is 52.0. The van der Waals surface area contributed by atoms with Gasteiger partial charge in [0, 0.05) is 6.42 Å². The summed E-state index contributed by atoms with van der Waals surface area (Å²) in [6.45, 7) is 5.08. The first-order valence-electron chi connectivity index (χ1n) is 13.5. The van der Waals surface area contributed by atoms with Crippen molar-refractivity contribution in [2.75, 3.05) is 18.9 Å². The molecule has 0 unspecified atom stereocenters. The number of nitrogens with one attached hydrogen (secondary N) is 1. The first-order chi connectivity index (χ1) is 20.0. The summed E-state index contributed by atoms with van der Waals surface area (Å²) in [4.78, 5) is 24.0. The number of fused-ring (bicyclic) bond motifs is 1. The van der Waals surface area contributed by atoms with Crippen LogP contribution in [0.15, 0.2) is 36.7 Å². The average molecular weight is 605 g/mol. The van der Waals surface area contributed by atoms with E-state index in [0.717, 1.165) is 12.8 Å². The van der Waals surface area contributed by atoms with Crippen LogP contribution < -0.4 is 15.3 Å². The van der Waals surface area contributed by atoms with Crippen LogP contribution in [-0.2, 0) is 23.4 Å². The summed E-state index contributed by atoms with van der Waals surface area (Å²) in [5.41, 5.74) is 4.11. The second-order valence-corrected chi connectivity index (χ2v) is 11.6. The van der Waals surface area contributed by atoms with Gasteiger partial charge in [0.1, 0.15) is 30.7 Å². The molecule has 1 aliphatic heterocycles. The highest BCUT2D eigenvalue weighted by atomic mass is 31.2. The fourth-order valence-corrected chi connectivity index (χ4v) is 5.90. The van der Waals surface area contributed by atoms with Crippen LogP contribution in [0, 0.1) is 24.3 Å². The average Bonchev–Trinajstić information content (AvgIpc) is 3.54. The topological polar surface area (TPSA) is 173 Å². The lowest BCUT2D eigenvalue weighted by molar-refractivity contribution is -0.146. The Morgan fingerprint density at radius 1 is 1.36 bits per heavy atom. The summed E-state index contributed by atoms with van der Waals surface area (Å²) in [6.07, 6.45) is 5.36. The molecule has 1 aromatic carbocycles. The first kappa shape index (κ1) is 31.3. The molecule has 13 nitrogen and oxygen atoms in total. The number of para-hydroxylation sites is 1. The molecule has 0 bridgehead atoms. The number of aliphatic hydroxyl groups is 1. The number of nitrogen functional groups attached to an aromatic ring is 1. The van der Waals surface area contributed by atoms with E-state index in [-0.39, 0.29) is 41.7 Å². The Labute approximate surface area is 242 Å². The minimum absolute atomic E-state index is 0.0337. The number of nitrogens with two attached hydrogens (primary N) is 1. The number of halogens is 1. The summed E-state index contributed by atoms with van der Waals surface area (Å²) in [5, 5.41) is 13.6. The maximum atomic E-state index is 14.0. The van der Waals surface area contributed by atoms with E-state index in [9.17, 15) is 18.9 Å². The number of hydrogen-bond acceptors (Lipinski definition) is 11. The van der Waals surface area contributed by atoms with Crippen molar-refractivity contribution in [3.8, 4) is 18.1 Å². The van der Waals surface area contributed by atoms with Gasteiger partial charge >= 0.3 is 19.8 Å². The number of terminal acetylenes is 1. The van der Waals surface area contributed by atoms with Gasteiger partial charge in [0.05, 0.1) is 12.9 Å². The lowest BCUT2D eigenvalue weighted by Crippen LogP contribution is -2.43. The molecule has 5 atom stereocenters. The van der Waals surface area contributed by atoms with Crippen LogP contribution in [0.1, 0.15) is 46.3 Å². The van der Waals surface area contributed by atoms with Crippen molar-refractivity contribution >= 4 is 30.7 Å². The van der Waals surface area contributed by atoms with E-state index < -0.39 is 50.4 Å². The number of hydrogen-bond donors (Lipinski definition) is 3. The van der Waals surface area contributed by atoms with Crippen molar-refractivity contribution in [2.45, 2.75) is 64.0 Å². The van der Waals surface area contributed by atoms with E-state index in [2.05, 4.69) is 26.0 Å². The van der Waals surface area contributed by atoms with Gasteiger partial charge < -0.3 is 24.8 Å². The van der Waals surface area contributed by atoms with E-state index in [0.29, 0.717) is 0 Å². The largest absolute Gasteiger partial charge is 0.464 e. The molecule has 1 fully saturated rings. The molecule has 2 aromatic heterocycles. The monoisotopic (exact) mass is 604 g/mol. The maximum absolute atomic E-state index is 14.0. The van der Waals surface area contributed by atoms with Gasteiger partial charge in [-0.25, -0.2) is 9.55 Å². The van der Waals surface area contributed by atoms with Crippen molar-refractivity contribution < 1.29 is 37.4 Å². The smallest absolute Gasteiger partial charge is 0.459 e. The van der Waals surface area contributed by atoms with Gasteiger partial charge in [0.15, 0.2) is 22.6 Å². The highest BCUT2D eigenvalue weighted by Gasteiger charge is 2.50. The number of carbonyl (C=O) groups is 1. The van der Waals surface area contributed by atoms with Gasteiger partial charge in [-0.2, -0.15) is 19.4 Å². The quantitative estimate of drug-likeness (QED) is 0.113. The van der Waals surface area contributed by atoms with E-state index in [1.54, 1.807) is 30.3 Å². The number of imidazole rings is 1. The Balaban J connectivity index is 1.53. The Kier molecular flexibility index (Phi) is 9.81. The molecule has 3 aromatic rings. The molecule has 0 saturated carbocycles. The molecular weight excluding hydrogens is 570 g/mol. The molecule has 4 N–H and O–H groups in total.